The predicted molar refractivity (Wildman–Crippen MR) is 242 cm³/mol. The maximum Gasteiger partial charge on any atom is 0.326 e. The van der Waals surface area contributed by atoms with Crippen molar-refractivity contribution in [2.45, 2.75) is 152 Å². The molecule has 65 heavy (non-hydrogen) atoms. The average Bonchev–Trinajstić information content (AvgIpc) is 3.78. The number of nitrogens with two attached hydrogens (primary N) is 6. The monoisotopic (exact) mass is 926 g/mol. The van der Waals surface area contributed by atoms with Gasteiger partial charge in [0, 0.05) is 19.5 Å². The SMILES string of the molecule is CC(C)C[C@H](NC(=O)[C@H](CCCN=C(N)N)NC(=O)[C@@H]1CCCN1)C(=O)N[C@@H](CCCN=C(N)N)C(=O)N[C@@H](CCC(=O)O)C(=O)N[C@@H](CCCCN)C(=O)N[C@@H](CCCCN)C(=O)O. The van der Waals surface area contributed by atoms with Crippen LogP contribution in [0.2, 0.25) is 0 Å². The number of hydrogen-bond acceptors (Lipinski definition) is 13. The first-order chi connectivity index (χ1) is 30.8. The summed E-state index contributed by atoms with van der Waals surface area (Å²) in [5, 5.41) is 38.0. The highest BCUT2D eigenvalue weighted by Gasteiger charge is 2.34. The fraction of sp³-hybridized carbons (Fsp3) is 0.750. The van der Waals surface area contributed by atoms with E-state index in [1.807, 2.05) is 13.8 Å². The molecule has 7 atom stereocenters. The summed E-state index contributed by atoms with van der Waals surface area (Å²) in [7, 11) is 0. The smallest absolute Gasteiger partial charge is 0.326 e. The average molecular weight is 926 g/mol. The number of carbonyl (C=O) groups excluding carboxylic acids is 6. The lowest BCUT2D eigenvalue weighted by atomic mass is 10.0. The maximum absolute atomic E-state index is 14.1. The van der Waals surface area contributed by atoms with Gasteiger partial charge in [-0.15, -0.1) is 0 Å². The van der Waals surface area contributed by atoms with Crippen LogP contribution < -0.4 is 71.6 Å². The fourth-order valence-corrected chi connectivity index (χ4v) is 6.84. The number of hydrogen-bond donors (Lipinski definition) is 15. The van der Waals surface area contributed by atoms with Crippen LogP contribution in [0, 0.1) is 5.92 Å². The second-order valence-corrected chi connectivity index (χ2v) is 16.4. The number of nitrogens with one attached hydrogen (secondary N) is 7. The van der Waals surface area contributed by atoms with Gasteiger partial charge in [-0.25, -0.2) is 4.79 Å². The van der Waals surface area contributed by atoms with Crippen molar-refractivity contribution in [3.05, 3.63) is 0 Å². The van der Waals surface area contributed by atoms with Crippen LogP contribution in [-0.2, 0) is 38.4 Å². The molecule has 0 aromatic rings. The van der Waals surface area contributed by atoms with Gasteiger partial charge in [-0.2, -0.15) is 0 Å². The number of rotatable bonds is 34. The van der Waals surface area contributed by atoms with E-state index in [0.717, 1.165) is 6.42 Å². The maximum atomic E-state index is 14.1. The first-order valence-electron chi connectivity index (χ1n) is 22.3. The summed E-state index contributed by atoms with van der Waals surface area (Å²) in [4.78, 5) is 114. The minimum atomic E-state index is -1.55. The molecule has 25 heteroatoms. The third-order valence-corrected chi connectivity index (χ3v) is 10.3. The highest BCUT2D eigenvalue weighted by Crippen LogP contribution is 2.12. The molecule has 0 aromatic heterocycles. The zero-order chi connectivity index (χ0) is 48.9. The third-order valence-electron chi connectivity index (χ3n) is 10.3. The summed E-state index contributed by atoms with van der Waals surface area (Å²) in [5.41, 5.74) is 33.0. The van der Waals surface area contributed by atoms with Gasteiger partial charge in [-0.3, -0.25) is 43.5 Å². The van der Waals surface area contributed by atoms with Crippen LogP contribution in [0.15, 0.2) is 9.98 Å². The molecule has 0 bridgehead atoms. The van der Waals surface area contributed by atoms with Crippen molar-refractivity contribution >= 4 is 59.3 Å². The number of aliphatic imine (C=N–C) groups is 2. The fourth-order valence-electron chi connectivity index (χ4n) is 6.84. The molecule has 0 aliphatic carbocycles. The molecule has 1 heterocycles. The Morgan fingerprint density at radius 2 is 0.969 bits per heavy atom. The van der Waals surface area contributed by atoms with E-state index in [1.54, 1.807) is 0 Å². The van der Waals surface area contributed by atoms with E-state index < -0.39 is 103 Å². The lowest BCUT2D eigenvalue weighted by Crippen LogP contribution is -2.60. The number of guanidine groups is 2. The van der Waals surface area contributed by atoms with Crippen molar-refractivity contribution in [1.29, 1.82) is 0 Å². The Kier molecular flexibility index (Phi) is 28.1. The number of carboxylic acid groups (broad SMARTS) is 2. The summed E-state index contributed by atoms with van der Waals surface area (Å²) in [6.45, 7) is 5.06. The van der Waals surface area contributed by atoms with Gasteiger partial charge in [0.25, 0.3) is 0 Å². The molecule has 1 aliphatic heterocycles. The lowest BCUT2D eigenvalue weighted by molar-refractivity contribution is -0.142. The van der Waals surface area contributed by atoms with Gasteiger partial charge in [0.2, 0.25) is 35.4 Å². The van der Waals surface area contributed by atoms with Crippen molar-refractivity contribution in [1.82, 2.24) is 37.2 Å². The number of aliphatic carboxylic acids is 2. The van der Waals surface area contributed by atoms with Crippen LogP contribution in [0.3, 0.4) is 0 Å². The van der Waals surface area contributed by atoms with Gasteiger partial charge in [0.05, 0.1) is 6.04 Å². The van der Waals surface area contributed by atoms with Crippen LogP contribution in [0.4, 0.5) is 0 Å². The Labute approximate surface area is 380 Å². The van der Waals surface area contributed by atoms with Gasteiger partial charge >= 0.3 is 11.9 Å². The van der Waals surface area contributed by atoms with Crippen molar-refractivity contribution in [2.24, 2.45) is 50.3 Å². The molecule has 1 saturated heterocycles. The second kappa shape index (κ2) is 31.9. The van der Waals surface area contributed by atoms with E-state index in [2.05, 4.69) is 47.2 Å². The highest BCUT2D eigenvalue weighted by atomic mass is 16.4. The predicted octanol–water partition coefficient (Wildman–Crippen LogP) is -3.99. The van der Waals surface area contributed by atoms with E-state index in [1.165, 1.54) is 0 Å². The van der Waals surface area contributed by atoms with Crippen molar-refractivity contribution < 1.29 is 48.6 Å². The van der Waals surface area contributed by atoms with Crippen LogP contribution in [0.5, 0.6) is 0 Å². The topological polar surface area (TPSA) is 442 Å². The minimum Gasteiger partial charge on any atom is -0.481 e. The second-order valence-electron chi connectivity index (χ2n) is 16.4. The summed E-state index contributed by atoms with van der Waals surface area (Å²) in [5.74, 6) is -7.62. The molecule has 370 valence electrons. The zero-order valence-electron chi connectivity index (χ0n) is 37.8. The van der Waals surface area contributed by atoms with Gasteiger partial charge in [0.15, 0.2) is 11.9 Å². The minimum absolute atomic E-state index is 0.0359. The molecule has 1 rings (SSSR count). The number of carboxylic acids is 2. The molecule has 21 N–H and O–H groups in total. The summed E-state index contributed by atoms with van der Waals surface area (Å²) in [6.07, 6.45) is 2.77. The lowest BCUT2D eigenvalue weighted by Gasteiger charge is -2.28. The first kappa shape index (κ1) is 57.2. The van der Waals surface area contributed by atoms with E-state index in [0.29, 0.717) is 51.6 Å². The molecular formula is C40H75N15O10. The number of nitrogens with zero attached hydrogens (tertiary/aromatic N) is 2. The third kappa shape index (κ3) is 24.7. The van der Waals surface area contributed by atoms with Crippen LogP contribution in [0.1, 0.15) is 110 Å². The van der Waals surface area contributed by atoms with Crippen molar-refractivity contribution in [3.8, 4) is 0 Å². The highest BCUT2D eigenvalue weighted by molar-refractivity contribution is 5.97. The molecular weight excluding hydrogens is 851 g/mol. The van der Waals surface area contributed by atoms with Crippen LogP contribution in [0.25, 0.3) is 0 Å². The molecule has 25 nitrogen and oxygen atoms in total. The quantitative estimate of drug-likeness (QED) is 0.0166. The molecule has 0 saturated carbocycles. The van der Waals surface area contributed by atoms with Crippen molar-refractivity contribution in [2.75, 3.05) is 32.7 Å². The van der Waals surface area contributed by atoms with Gasteiger partial charge < -0.3 is 81.8 Å². The largest absolute Gasteiger partial charge is 0.481 e. The zero-order valence-corrected chi connectivity index (χ0v) is 37.8. The molecule has 1 aliphatic rings. The number of carbonyl (C=O) groups is 8. The van der Waals surface area contributed by atoms with Gasteiger partial charge in [0.1, 0.15) is 36.3 Å². The Morgan fingerprint density at radius 3 is 1.37 bits per heavy atom. The molecule has 0 radical (unpaired) electrons. The number of unbranched alkanes of at least 4 members (excludes halogenated alkanes) is 2. The first-order valence-corrected chi connectivity index (χ1v) is 22.3. The molecule has 1 fully saturated rings. The van der Waals surface area contributed by atoms with Crippen LogP contribution >= 0.6 is 0 Å². The standard InChI is InChI=1S/C40H75N15O10/c1-23(2)22-30(55-35(61)27(14-9-21-49-40(45)46)50-32(58)24-12-7-19-47-24)37(63)52-26(13-8-20-48-39(43)44)33(59)53-28(15-16-31(56)57)36(62)51-25(10-3-5-17-41)34(60)54-29(38(64)65)11-4-6-18-42/h23-30,47H,3-22,41-42H2,1-2H3,(H,50,58)(H,51,62)(H,52,63)(H,53,59)(H,54,60)(H,55,61)(H,56,57)(H,64,65)(H4,43,44,48)(H4,45,46,49)/t24-,25-,26-,27-,28-,29-,30-/m0/s1. The molecule has 0 aromatic carbocycles. The van der Waals surface area contributed by atoms with E-state index in [9.17, 15) is 48.6 Å². The summed E-state index contributed by atoms with van der Waals surface area (Å²) in [6, 6.07) is -8.32. The van der Waals surface area contributed by atoms with E-state index >= 15 is 0 Å². The van der Waals surface area contributed by atoms with Crippen molar-refractivity contribution in [3.63, 3.8) is 0 Å². The van der Waals surface area contributed by atoms with Gasteiger partial charge in [-0.05, 0) is 115 Å². The molecule has 0 spiro atoms. The summed E-state index contributed by atoms with van der Waals surface area (Å²) >= 11 is 0. The Hall–Kier alpha value is -5.82. The van der Waals surface area contributed by atoms with E-state index in [4.69, 9.17) is 34.4 Å². The van der Waals surface area contributed by atoms with E-state index in [-0.39, 0.29) is 76.0 Å². The molecule has 6 amide bonds. The Balaban J connectivity index is 3.45. The Bertz CT molecular complexity index is 1600. The number of amides is 6. The molecule has 0 unspecified atom stereocenters. The normalized spacial score (nSPS) is 16.0. The summed E-state index contributed by atoms with van der Waals surface area (Å²) < 4.78 is 0. The van der Waals surface area contributed by atoms with Crippen LogP contribution in [-0.4, -0.2) is 145 Å². The van der Waals surface area contributed by atoms with Gasteiger partial charge in [-0.1, -0.05) is 13.8 Å². The Morgan fingerprint density at radius 1 is 0.569 bits per heavy atom.